The van der Waals surface area contributed by atoms with Crippen LogP contribution in [0.5, 0.6) is 0 Å². The molecule has 1 saturated carbocycles. The molecule has 2 amide bonds. The van der Waals surface area contributed by atoms with Gasteiger partial charge in [-0.05, 0) is 85.8 Å². The molecule has 0 radical (unpaired) electrons. The van der Waals surface area contributed by atoms with Crippen LogP contribution in [0.3, 0.4) is 0 Å². The van der Waals surface area contributed by atoms with Gasteiger partial charge in [0.1, 0.15) is 5.00 Å². The second-order valence-corrected chi connectivity index (χ2v) is 17.4. The van der Waals surface area contributed by atoms with Crippen LogP contribution in [0.15, 0.2) is 59.5 Å². The van der Waals surface area contributed by atoms with Crippen molar-refractivity contribution in [3.05, 3.63) is 81.7 Å². The Morgan fingerprint density at radius 3 is 2.37 bits per heavy atom. The predicted octanol–water partition coefficient (Wildman–Crippen LogP) is 6.63. The van der Waals surface area contributed by atoms with Gasteiger partial charge in [-0.25, -0.2) is 8.42 Å². The molecule has 6 rings (SSSR count). The average molecular weight is 663 g/mol. The molecule has 246 valence electrons. The fourth-order valence-electron chi connectivity index (χ4n) is 8.19. The number of carbonyl (C=O) groups excluding carboxylic acids is 2. The van der Waals surface area contributed by atoms with Crippen LogP contribution in [-0.2, 0) is 29.5 Å². The summed E-state index contributed by atoms with van der Waals surface area (Å²) in [6, 6.07) is 16.6. The average Bonchev–Trinajstić information content (AvgIpc) is 3.50. The van der Waals surface area contributed by atoms with Crippen molar-refractivity contribution in [2.24, 2.45) is 10.8 Å². The molecule has 3 aromatic rings. The highest BCUT2D eigenvalue weighted by Crippen LogP contribution is 2.53. The zero-order valence-corrected chi connectivity index (χ0v) is 29.3. The van der Waals surface area contributed by atoms with Crippen molar-refractivity contribution in [2.75, 3.05) is 31.5 Å². The number of rotatable bonds is 9. The topological polar surface area (TPSA) is 90.0 Å². The van der Waals surface area contributed by atoms with Crippen molar-refractivity contribution in [1.29, 1.82) is 0 Å². The Kier molecular flexibility index (Phi) is 8.95. The maximum atomic E-state index is 13.8. The van der Waals surface area contributed by atoms with Crippen LogP contribution >= 0.6 is 11.3 Å². The molecule has 1 aliphatic carbocycles. The van der Waals surface area contributed by atoms with E-state index in [2.05, 4.69) is 43.1 Å². The summed E-state index contributed by atoms with van der Waals surface area (Å²) in [4.78, 5) is 32.8. The van der Waals surface area contributed by atoms with Crippen molar-refractivity contribution in [1.82, 2.24) is 14.1 Å². The van der Waals surface area contributed by atoms with Crippen molar-refractivity contribution in [3.8, 4) is 0 Å². The summed E-state index contributed by atoms with van der Waals surface area (Å²) in [7, 11) is -3.70. The molecular weight excluding hydrogens is 617 g/mol. The molecule has 2 aromatic carbocycles. The number of nitrogens with zero attached hydrogens (tertiary/aromatic N) is 3. The van der Waals surface area contributed by atoms with E-state index in [1.54, 1.807) is 33.5 Å². The Labute approximate surface area is 277 Å². The number of sulfonamides is 1. The van der Waals surface area contributed by atoms with Gasteiger partial charge in [0, 0.05) is 55.8 Å². The Hall–Kier alpha value is -3.05. The van der Waals surface area contributed by atoms with E-state index in [0.717, 1.165) is 49.2 Å². The number of amides is 2. The van der Waals surface area contributed by atoms with Crippen LogP contribution in [-0.4, -0.2) is 66.6 Å². The molecule has 8 nitrogen and oxygen atoms in total. The number of hydrogen-bond donors (Lipinski definition) is 1. The second-order valence-electron chi connectivity index (χ2n) is 14.4. The Morgan fingerprint density at radius 2 is 1.70 bits per heavy atom. The summed E-state index contributed by atoms with van der Waals surface area (Å²) in [5.74, 6) is -0.424. The molecule has 3 aliphatic rings. The van der Waals surface area contributed by atoms with Crippen molar-refractivity contribution in [3.63, 3.8) is 0 Å². The fraction of sp³-hybridized carbons (Fsp3) is 0.500. The molecule has 1 aromatic heterocycles. The fourth-order valence-corrected chi connectivity index (χ4v) is 11.2. The molecule has 46 heavy (non-hydrogen) atoms. The van der Waals surface area contributed by atoms with Gasteiger partial charge in [0.25, 0.3) is 11.8 Å². The third kappa shape index (κ3) is 6.41. The molecule has 0 spiro atoms. The summed E-state index contributed by atoms with van der Waals surface area (Å²) in [5.41, 5.74) is 3.30. The molecular formula is C36H46N4O4S2. The minimum absolute atomic E-state index is 0.00281. The van der Waals surface area contributed by atoms with E-state index in [9.17, 15) is 18.0 Å². The first-order chi connectivity index (χ1) is 21.8. The SMILES string of the molecule is CCN(CC)C(=O)c1c(NC(=O)c2ccc(S(=O)(=O)N3CC4(C)CC3CC(C)(C)C4)cc2)sc2c1CCN(Cc1ccccc1)C2. The predicted molar refractivity (Wildman–Crippen MR) is 184 cm³/mol. The van der Waals surface area contributed by atoms with Gasteiger partial charge in [-0.2, -0.15) is 4.31 Å². The molecule has 2 aliphatic heterocycles. The van der Waals surface area contributed by atoms with Gasteiger partial charge in [0.05, 0.1) is 10.5 Å². The number of hydrogen-bond acceptors (Lipinski definition) is 6. The highest BCUT2D eigenvalue weighted by molar-refractivity contribution is 7.89. The lowest BCUT2D eigenvalue weighted by Gasteiger charge is -2.39. The lowest BCUT2D eigenvalue weighted by molar-refractivity contribution is 0.0772. The van der Waals surface area contributed by atoms with Crippen molar-refractivity contribution in [2.45, 2.75) is 84.3 Å². The Balaban J connectivity index is 1.22. The summed E-state index contributed by atoms with van der Waals surface area (Å²) >= 11 is 1.47. The molecule has 2 unspecified atom stereocenters. The van der Waals surface area contributed by atoms with Crippen LogP contribution in [0.4, 0.5) is 5.00 Å². The highest BCUT2D eigenvalue weighted by Gasteiger charge is 2.53. The Bertz CT molecular complexity index is 1710. The quantitative estimate of drug-likeness (QED) is 0.278. The van der Waals surface area contributed by atoms with Gasteiger partial charge in [-0.3, -0.25) is 14.5 Å². The van der Waals surface area contributed by atoms with Crippen LogP contribution < -0.4 is 5.32 Å². The van der Waals surface area contributed by atoms with E-state index < -0.39 is 10.0 Å². The maximum absolute atomic E-state index is 13.8. The molecule has 1 N–H and O–H groups in total. The molecule has 2 bridgehead atoms. The smallest absolute Gasteiger partial charge is 0.257 e. The van der Waals surface area contributed by atoms with Crippen molar-refractivity contribution < 1.29 is 18.0 Å². The van der Waals surface area contributed by atoms with Gasteiger partial charge in [-0.15, -0.1) is 11.3 Å². The monoisotopic (exact) mass is 662 g/mol. The van der Waals surface area contributed by atoms with E-state index in [1.807, 2.05) is 32.0 Å². The van der Waals surface area contributed by atoms with Gasteiger partial charge in [0.15, 0.2) is 0 Å². The zero-order valence-electron chi connectivity index (χ0n) is 27.6. The maximum Gasteiger partial charge on any atom is 0.257 e. The first kappa shape index (κ1) is 32.9. The molecule has 1 saturated heterocycles. The minimum atomic E-state index is -3.70. The number of benzene rings is 2. The van der Waals surface area contributed by atoms with Crippen molar-refractivity contribution >= 4 is 38.2 Å². The van der Waals surface area contributed by atoms with E-state index >= 15 is 0 Å². The number of anilines is 1. The summed E-state index contributed by atoms with van der Waals surface area (Å²) in [6.07, 6.45) is 3.49. The van der Waals surface area contributed by atoms with E-state index in [4.69, 9.17) is 0 Å². The number of fused-ring (bicyclic) bond motifs is 3. The van der Waals surface area contributed by atoms with Gasteiger partial charge < -0.3 is 10.2 Å². The largest absolute Gasteiger partial charge is 0.339 e. The Morgan fingerprint density at radius 1 is 1.00 bits per heavy atom. The minimum Gasteiger partial charge on any atom is -0.339 e. The van der Waals surface area contributed by atoms with Crippen LogP contribution in [0.1, 0.15) is 90.6 Å². The number of thiophene rings is 1. The third-order valence-corrected chi connectivity index (χ3v) is 13.0. The van der Waals surface area contributed by atoms with E-state index in [-0.39, 0.29) is 33.6 Å². The number of nitrogens with one attached hydrogen (secondary N) is 1. The lowest BCUT2D eigenvalue weighted by atomic mass is 9.65. The standard InChI is InChI=1S/C36H46N4O4S2/c1-6-39(7-2)34(42)31-29-17-18-38(21-25-11-9-8-10-12-25)22-30(29)45-33(31)37-32(41)26-13-15-28(16-14-26)46(43,44)40-24-36(5)20-27(40)19-35(3,4)23-36/h8-16,27H,6-7,17-24H2,1-5H3,(H,37,41). The summed E-state index contributed by atoms with van der Waals surface area (Å²) in [6.45, 7) is 14.6. The van der Waals surface area contributed by atoms with Gasteiger partial charge in [0.2, 0.25) is 10.0 Å². The molecule has 10 heteroatoms. The normalized spacial score (nSPS) is 22.8. The molecule has 2 fully saturated rings. The van der Waals surface area contributed by atoms with E-state index in [0.29, 0.717) is 42.3 Å². The molecule has 3 heterocycles. The van der Waals surface area contributed by atoms with Crippen LogP contribution in [0.2, 0.25) is 0 Å². The van der Waals surface area contributed by atoms with Crippen LogP contribution in [0, 0.1) is 10.8 Å². The third-order valence-electron chi connectivity index (χ3n) is 9.97. The summed E-state index contributed by atoms with van der Waals surface area (Å²) < 4.78 is 29.2. The lowest BCUT2D eigenvalue weighted by Crippen LogP contribution is -2.37. The van der Waals surface area contributed by atoms with Gasteiger partial charge >= 0.3 is 0 Å². The molecule has 2 atom stereocenters. The van der Waals surface area contributed by atoms with Gasteiger partial charge in [-0.1, -0.05) is 51.1 Å². The highest BCUT2D eigenvalue weighted by atomic mass is 32.2. The van der Waals surface area contributed by atoms with Crippen LogP contribution in [0.25, 0.3) is 0 Å². The summed E-state index contributed by atoms with van der Waals surface area (Å²) in [5, 5.41) is 3.60. The number of carbonyl (C=O) groups is 2. The van der Waals surface area contributed by atoms with E-state index in [1.165, 1.54) is 16.9 Å². The second kappa shape index (κ2) is 12.5. The zero-order chi connectivity index (χ0) is 32.9. The first-order valence-electron chi connectivity index (χ1n) is 16.5. The first-order valence-corrected chi connectivity index (χ1v) is 18.7.